The summed E-state index contributed by atoms with van der Waals surface area (Å²) in [5, 5.41) is 10.8. The molecule has 1 fully saturated rings. The van der Waals surface area contributed by atoms with E-state index in [1.165, 1.54) is 12.8 Å². The maximum atomic E-state index is 11.9. The van der Waals surface area contributed by atoms with Crippen molar-refractivity contribution in [1.82, 2.24) is 20.4 Å². The first-order valence-electron chi connectivity index (χ1n) is 7.20. The van der Waals surface area contributed by atoms with Crippen LogP contribution in [0.15, 0.2) is 6.20 Å². The fourth-order valence-electron chi connectivity index (χ4n) is 2.62. The monoisotopic (exact) mass is 264 g/mol. The minimum Gasteiger partial charge on any atom is -0.352 e. The molecule has 0 bridgehead atoms. The SMILES string of the molecule is CCc1nn(C)cc1CNC(=O)CC1CCCCN1. The number of piperidine rings is 1. The average Bonchev–Trinajstić information content (AvgIpc) is 2.78. The van der Waals surface area contributed by atoms with E-state index in [1.807, 2.05) is 17.9 Å². The van der Waals surface area contributed by atoms with Gasteiger partial charge in [-0.3, -0.25) is 9.48 Å². The number of nitrogens with zero attached hydrogens (tertiary/aromatic N) is 2. The van der Waals surface area contributed by atoms with Crippen LogP contribution < -0.4 is 10.6 Å². The number of amides is 1. The second-order valence-corrected chi connectivity index (χ2v) is 5.26. The van der Waals surface area contributed by atoms with Gasteiger partial charge in [-0.15, -0.1) is 0 Å². The Morgan fingerprint density at radius 2 is 2.42 bits per heavy atom. The van der Waals surface area contributed by atoms with Gasteiger partial charge in [0.25, 0.3) is 0 Å². The molecule has 1 aromatic rings. The molecule has 1 unspecified atom stereocenters. The fraction of sp³-hybridized carbons (Fsp3) is 0.714. The van der Waals surface area contributed by atoms with Gasteiger partial charge in [-0.25, -0.2) is 0 Å². The average molecular weight is 264 g/mol. The van der Waals surface area contributed by atoms with Crippen molar-refractivity contribution in [1.29, 1.82) is 0 Å². The number of hydrogen-bond acceptors (Lipinski definition) is 3. The molecule has 0 radical (unpaired) electrons. The van der Waals surface area contributed by atoms with E-state index in [-0.39, 0.29) is 5.91 Å². The fourth-order valence-corrected chi connectivity index (χ4v) is 2.62. The van der Waals surface area contributed by atoms with Gasteiger partial charge in [-0.05, 0) is 25.8 Å². The molecule has 1 aromatic heterocycles. The minimum absolute atomic E-state index is 0.130. The summed E-state index contributed by atoms with van der Waals surface area (Å²) in [5.41, 5.74) is 2.19. The van der Waals surface area contributed by atoms with E-state index in [1.54, 1.807) is 0 Å². The molecule has 1 amide bonds. The predicted octanol–water partition coefficient (Wildman–Crippen LogP) is 1.13. The highest BCUT2D eigenvalue weighted by Crippen LogP contribution is 2.10. The summed E-state index contributed by atoms with van der Waals surface area (Å²) in [6, 6.07) is 0.355. The molecule has 1 aliphatic heterocycles. The molecule has 5 heteroatoms. The molecule has 1 aliphatic rings. The van der Waals surface area contributed by atoms with E-state index in [9.17, 15) is 4.79 Å². The summed E-state index contributed by atoms with van der Waals surface area (Å²) in [6.07, 6.45) is 7.04. The number of carbonyl (C=O) groups is 1. The van der Waals surface area contributed by atoms with Gasteiger partial charge in [-0.1, -0.05) is 13.3 Å². The largest absolute Gasteiger partial charge is 0.352 e. The van der Waals surface area contributed by atoms with E-state index >= 15 is 0 Å². The van der Waals surface area contributed by atoms with Crippen molar-refractivity contribution < 1.29 is 4.79 Å². The number of hydrogen-bond donors (Lipinski definition) is 2. The number of rotatable bonds is 5. The minimum atomic E-state index is 0.130. The van der Waals surface area contributed by atoms with E-state index in [4.69, 9.17) is 0 Å². The van der Waals surface area contributed by atoms with E-state index < -0.39 is 0 Å². The van der Waals surface area contributed by atoms with Crippen molar-refractivity contribution in [2.75, 3.05) is 6.54 Å². The lowest BCUT2D eigenvalue weighted by Crippen LogP contribution is -2.38. The first-order chi connectivity index (χ1) is 9.19. The topological polar surface area (TPSA) is 59.0 Å². The Kier molecular flexibility index (Phi) is 4.96. The Morgan fingerprint density at radius 1 is 1.58 bits per heavy atom. The lowest BCUT2D eigenvalue weighted by atomic mass is 10.0. The van der Waals surface area contributed by atoms with Crippen molar-refractivity contribution in [3.63, 3.8) is 0 Å². The summed E-state index contributed by atoms with van der Waals surface area (Å²) in [4.78, 5) is 11.9. The highest BCUT2D eigenvalue weighted by atomic mass is 16.1. The maximum Gasteiger partial charge on any atom is 0.221 e. The van der Waals surface area contributed by atoms with Gasteiger partial charge in [-0.2, -0.15) is 5.10 Å². The van der Waals surface area contributed by atoms with Crippen molar-refractivity contribution >= 4 is 5.91 Å². The van der Waals surface area contributed by atoms with Crippen LogP contribution in [0.5, 0.6) is 0 Å². The van der Waals surface area contributed by atoms with Crippen LogP contribution in [0.25, 0.3) is 0 Å². The predicted molar refractivity (Wildman–Crippen MR) is 74.7 cm³/mol. The van der Waals surface area contributed by atoms with E-state index in [0.29, 0.717) is 19.0 Å². The highest BCUT2D eigenvalue weighted by molar-refractivity contribution is 5.76. The molecule has 0 aliphatic carbocycles. The summed E-state index contributed by atoms with van der Waals surface area (Å²) < 4.78 is 1.81. The quantitative estimate of drug-likeness (QED) is 0.838. The molecule has 2 heterocycles. The summed E-state index contributed by atoms with van der Waals surface area (Å²) >= 11 is 0. The molecule has 106 valence electrons. The van der Waals surface area contributed by atoms with Gasteiger partial charge < -0.3 is 10.6 Å². The van der Waals surface area contributed by atoms with Crippen molar-refractivity contribution in [2.45, 2.75) is 51.6 Å². The van der Waals surface area contributed by atoms with E-state index in [0.717, 1.165) is 30.6 Å². The number of nitrogens with one attached hydrogen (secondary N) is 2. The Labute approximate surface area is 114 Å². The third-order valence-corrected chi connectivity index (χ3v) is 3.65. The third-order valence-electron chi connectivity index (χ3n) is 3.65. The van der Waals surface area contributed by atoms with Crippen LogP contribution in [-0.2, 0) is 24.8 Å². The molecule has 2 N–H and O–H groups in total. The highest BCUT2D eigenvalue weighted by Gasteiger charge is 2.16. The summed E-state index contributed by atoms with van der Waals surface area (Å²) in [7, 11) is 1.91. The van der Waals surface area contributed by atoms with Crippen LogP contribution in [-0.4, -0.2) is 28.3 Å². The Hall–Kier alpha value is -1.36. The van der Waals surface area contributed by atoms with Gasteiger partial charge in [0.1, 0.15) is 0 Å². The van der Waals surface area contributed by atoms with Crippen LogP contribution in [0.4, 0.5) is 0 Å². The van der Waals surface area contributed by atoms with Crippen LogP contribution in [0.1, 0.15) is 43.9 Å². The molecule has 0 spiro atoms. The lowest BCUT2D eigenvalue weighted by molar-refractivity contribution is -0.121. The second kappa shape index (κ2) is 6.70. The summed E-state index contributed by atoms with van der Waals surface area (Å²) in [6.45, 7) is 3.71. The van der Waals surface area contributed by atoms with Gasteiger partial charge in [0, 0.05) is 37.8 Å². The van der Waals surface area contributed by atoms with Crippen molar-refractivity contribution in [2.24, 2.45) is 7.05 Å². The number of aromatic nitrogens is 2. The molecule has 0 aromatic carbocycles. The van der Waals surface area contributed by atoms with E-state index in [2.05, 4.69) is 22.7 Å². The molecule has 2 rings (SSSR count). The van der Waals surface area contributed by atoms with Crippen LogP contribution >= 0.6 is 0 Å². The third kappa shape index (κ3) is 4.06. The van der Waals surface area contributed by atoms with Gasteiger partial charge in [0.2, 0.25) is 5.91 Å². The zero-order valence-corrected chi connectivity index (χ0v) is 11.9. The molecule has 0 saturated carbocycles. The molecule has 1 saturated heterocycles. The maximum absolute atomic E-state index is 11.9. The number of carbonyl (C=O) groups excluding carboxylic acids is 1. The summed E-state index contributed by atoms with van der Waals surface area (Å²) in [5.74, 6) is 0.130. The van der Waals surface area contributed by atoms with Gasteiger partial charge in [0.15, 0.2) is 0 Å². The standard InChI is InChI=1S/C14H24N4O/c1-3-13-11(10-18(2)17-13)9-16-14(19)8-12-6-4-5-7-15-12/h10,12,15H,3-9H2,1-2H3,(H,16,19). The Morgan fingerprint density at radius 3 is 3.11 bits per heavy atom. The lowest BCUT2D eigenvalue weighted by Gasteiger charge is -2.22. The molecule has 19 heavy (non-hydrogen) atoms. The second-order valence-electron chi connectivity index (χ2n) is 5.26. The van der Waals surface area contributed by atoms with Crippen molar-refractivity contribution in [3.8, 4) is 0 Å². The smallest absolute Gasteiger partial charge is 0.221 e. The Balaban J connectivity index is 1.79. The van der Waals surface area contributed by atoms with Crippen LogP contribution in [0.2, 0.25) is 0 Å². The molecule has 1 atom stereocenters. The van der Waals surface area contributed by atoms with Gasteiger partial charge >= 0.3 is 0 Å². The van der Waals surface area contributed by atoms with Gasteiger partial charge in [0.05, 0.1) is 5.69 Å². The van der Waals surface area contributed by atoms with Crippen molar-refractivity contribution in [3.05, 3.63) is 17.5 Å². The van der Waals surface area contributed by atoms with Crippen LogP contribution in [0, 0.1) is 0 Å². The first kappa shape index (κ1) is 14.1. The zero-order valence-electron chi connectivity index (χ0n) is 11.9. The number of aryl methyl sites for hydroxylation is 2. The Bertz CT molecular complexity index is 421. The zero-order chi connectivity index (χ0) is 13.7. The molecular weight excluding hydrogens is 240 g/mol. The van der Waals surface area contributed by atoms with Crippen LogP contribution in [0.3, 0.4) is 0 Å². The molecular formula is C14H24N4O. The molecule has 5 nitrogen and oxygen atoms in total. The first-order valence-corrected chi connectivity index (χ1v) is 7.20. The normalized spacial score (nSPS) is 19.4.